The molecule has 2 heterocycles. The average Bonchev–Trinajstić information content (AvgIpc) is 2.65. The number of thiophene rings is 1. The topological polar surface area (TPSA) is 15.3 Å². The Hall–Kier alpha value is 0.390. The predicted octanol–water partition coefficient (Wildman–Crippen LogP) is 3.12. The SMILES string of the molecule is CNC1CCN(Cc2csc(Br)c2)CC1.Cl. The number of nitrogens with one attached hydrogen (secondary N) is 1. The molecule has 0 saturated carbocycles. The second-order valence-electron chi connectivity index (χ2n) is 4.10. The summed E-state index contributed by atoms with van der Waals surface area (Å²) in [6.07, 6.45) is 2.56. The van der Waals surface area contributed by atoms with Gasteiger partial charge in [0.2, 0.25) is 0 Å². The lowest BCUT2D eigenvalue weighted by atomic mass is 10.1. The normalized spacial score (nSPS) is 18.4. The molecule has 0 radical (unpaired) electrons. The van der Waals surface area contributed by atoms with E-state index in [1.807, 2.05) is 0 Å². The summed E-state index contributed by atoms with van der Waals surface area (Å²) in [5.74, 6) is 0. The van der Waals surface area contributed by atoms with E-state index >= 15 is 0 Å². The first-order valence-electron chi connectivity index (χ1n) is 5.40. The molecule has 5 heteroatoms. The molecule has 0 atom stereocenters. The summed E-state index contributed by atoms with van der Waals surface area (Å²) in [5.41, 5.74) is 1.44. The highest BCUT2D eigenvalue weighted by atomic mass is 79.9. The maximum atomic E-state index is 3.51. The van der Waals surface area contributed by atoms with E-state index in [0.717, 1.165) is 12.6 Å². The fourth-order valence-corrected chi connectivity index (χ4v) is 3.27. The molecule has 0 unspecified atom stereocenters. The van der Waals surface area contributed by atoms with Crippen molar-refractivity contribution in [2.75, 3.05) is 20.1 Å². The summed E-state index contributed by atoms with van der Waals surface area (Å²) in [7, 11) is 2.07. The van der Waals surface area contributed by atoms with Crippen LogP contribution in [0.4, 0.5) is 0 Å². The minimum absolute atomic E-state index is 0. The number of hydrogen-bond donors (Lipinski definition) is 1. The van der Waals surface area contributed by atoms with Crippen LogP contribution in [0.2, 0.25) is 0 Å². The van der Waals surface area contributed by atoms with Crippen molar-refractivity contribution in [2.24, 2.45) is 0 Å². The zero-order valence-corrected chi connectivity index (χ0v) is 12.6. The van der Waals surface area contributed by atoms with E-state index < -0.39 is 0 Å². The van der Waals surface area contributed by atoms with E-state index in [9.17, 15) is 0 Å². The largest absolute Gasteiger partial charge is 0.317 e. The Labute approximate surface area is 116 Å². The van der Waals surface area contributed by atoms with Crippen LogP contribution < -0.4 is 5.32 Å². The van der Waals surface area contributed by atoms with E-state index in [-0.39, 0.29) is 12.4 Å². The molecule has 0 bridgehead atoms. The first-order valence-corrected chi connectivity index (χ1v) is 7.07. The van der Waals surface area contributed by atoms with Gasteiger partial charge in [0.1, 0.15) is 0 Å². The van der Waals surface area contributed by atoms with E-state index in [1.165, 1.54) is 35.3 Å². The molecular formula is C11H18BrClN2S. The van der Waals surface area contributed by atoms with Crippen molar-refractivity contribution in [1.82, 2.24) is 10.2 Å². The zero-order valence-electron chi connectivity index (χ0n) is 9.41. The van der Waals surface area contributed by atoms with Crippen LogP contribution in [0.1, 0.15) is 18.4 Å². The first-order chi connectivity index (χ1) is 7.28. The molecule has 2 nitrogen and oxygen atoms in total. The van der Waals surface area contributed by atoms with Gasteiger partial charge in [0.05, 0.1) is 3.79 Å². The number of nitrogens with zero attached hydrogens (tertiary/aromatic N) is 1. The number of rotatable bonds is 3. The van der Waals surface area contributed by atoms with Gasteiger partial charge in [0, 0.05) is 12.6 Å². The molecule has 1 aromatic heterocycles. The average molecular weight is 326 g/mol. The fraction of sp³-hybridized carbons (Fsp3) is 0.636. The Kier molecular flexibility index (Phi) is 6.29. The van der Waals surface area contributed by atoms with Crippen LogP contribution in [0.5, 0.6) is 0 Å². The van der Waals surface area contributed by atoms with Gasteiger partial charge < -0.3 is 5.32 Å². The molecule has 2 rings (SSSR count). The first kappa shape index (κ1) is 14.5. The van der Waals surface area contributed by atoms with Gasteiger partial charge >= 0.3 is 0 Å². The number of hydrogen-bond acceptors (Lipinski definition) is 3. The standard InChI is InChI=1S/C11H17BrN2S.ClH/c1-13-10-2-4-14(5-3-10)7-9-6-11(12)15-8-9;/h6,8,10,13H,2-5,7H2,1H3;1H. The molecule has 1 saturated heterocycles. The smallest absolute Gasteiger partial charge is 0.0701 e. The molecule has 1 aromatic rings. The van der Waals surface area contributed by atoms with E-state index in [4.69, 9.17) is 0 Å². The Morgan fingerprint density at radius 2 is 2.19 bits per heavy atom. The molecule has 1 N–H and O–H groups in total. The van der Waals surface area contributed by atoms with Crippen LogP contribution in [0.25, 0.3) is 0 Å². The number of likely N-dealkylation sites (tertiary alicyclic amines) is 1. The van der Waals surface area contributed by atoms with Crippen molar-refractivity contribution < 1.29 is 0 Å². The third-order valence-electron chi connectivity index (χ3n) is 3.02. The molecule has 16 heavy (non-hydrogen) atoms. The van der Waals surface area contributed by atoms with Gasteiger partial charge in [-0.05, 0) is 65.9 Å². The van der Waals surface area contributed by atoms with Crippen LogP contribution in [-0.4, -0.2) is 31.1 Å². The highest BCUT2D eigenvalue weighted by molar-refractivity contribution is 9.11. The lowest BCUT2D eigenvalue weighted by molar-refractivity contribution is 0.195. The third-order valence-corrected chi connectivity index (χ3v) is 4.58. The maximum absolute atomic E-state index is 3.51. The Balaban J connectivity index is 0.00000128. The zero-order chi connectivity index (χ0) is 10.7. The molecule has 0 spiro atoms. The summed E-state index contributed by atoms with van der Waals surface area (Å²) >= 11 is 5.28. The van der Waals surface area contributed by atoms with E-state index in [0.29, 0.717) is 0 Å². The van der Waals surface area contributed by atoms with E-state index in [1.54, 1.807) is 11.3 Å². The van der Waals surface area contributed by atoms with Crippen LogP contribution in [0.15, 0.2) is 15.2 Å². The highest BCUT2D eigenvalue weighted by Gasteiger charge is 2.17. The summed E-state index contributed by atoms with van der Waals surface area (Å²) in [4.78, 5) is 2.54. The van der Waals surface area contributed by atoms with Crippen molar-refractivity contribution in [3.8, 4) is 0 Å². The quantitative estimate of drug-likeness (QED) is 0.918. The van der Waals surface area contributed by atoms with Gasteiger partial charge in [0.25, 0.3) is 0 Å². The molecule has 1 aliphatic heterocycles. The number of piperidine rings is 1. The second kappa shape index (κ2) is 6.97. The predicted molar refractivity (Wildman–Crippen MR) is 76.6 cm³/mol. The van der Waals surface area contributed by atoms with Crippen molar-refractivity contribution in [3.05, 3.63) is 20.8 Å². The molecule has 1 aliphatic rings. The van der Waals surface area contributed by atoms with Crippen LogP contribution in [-0.2, 0) is 6.54 Å². The second-order valence-corrected chi connectivity index (χ2v) is 6.39. The van der Waals surface area contributed by atoms with Crippen molar-refractivity contribution in [3.63, 3.8) is 0 Å². The van der Waals surface area contributed by atoms with Crippen molar-refractivity contribution in [1.29, 1.82) is 0 Å². The lowest BCUT2D eigenvalue weighted by Crippen LogP contribution is -2.40. The summed E-state index contributed by atoms with van der Waals surface area (Å²) < 4.78 is 1.24. The fourth-order valence-electron chi connectivity index (χ4n) is 2.07. The van der Waals surface area contributed by atoms with Crippen molar-refractivity contribution >= 4 is 39.7 Å². The Morgan fingerprint density at radius 3 is 2.69 bits per heavy atom. The van der Waals surface area contributed by atoms with E-state index in [2.05, 4.69) is 44.6 Å². The summed E-state index contributed by atoms with van der Waals surface area (Å²) in [6.45, 7) is 3.55. The molecule has 1 fully saturated rings. The third kappa shape index (κ3) is 4.00. The van der Waals surface area contributed by atoms with Gasteiger partial charge in [0.15, 0.2) is 0 Å². The van der Waals surface area contributed by atoms with Gasteiger partial charge in [-0.1, -0.05) is 0 Å². The lowest BCUT2D eigenvalue weighted by Gasteiger charge is -2.31. The molecule has 0 aromatic carbocycles. The highest BCUT2D eigenvalue weighted by Crippen LogP contribution is 2.22. The maximum Gasteiger partial charge on any atom is 0.0701 e. The van der Waals surface area contributed by atoms with Gasteiger partial charge in [-0.3, -0.25) is 4.90 Å². The number of halogens is 2. The van der Waals surface area contributed by atoms with Gasteiger partial charge in [-0.15, -0.1) is 23.7 Å². The van der Waals surface area contributed by atoms with Crippen LogP contribution in [0.3, 0.4) is 0 Å². The monoisotopic (exact) mass is 324 g/mol. The van der Waals surface area contributed by atoms with Crippen molar-refractivity contribution in [2.45, 2.75) is 25.4 Å². The van der Waals surface area contributed by atoms with Crippen LogP contribution in [0, 0.1) is 0 Å². The molecular weight excluding hydrogens is 308 g/mol. The molecule has 0 amide bonds. The minimum atomic E-state index is 0. The summed E-state index contributed by atoms with van der Waals surface area (Å²) in [6, 6.07) is 2.96. The van der Waals surface area contributed by atoms with Gasteiger partial charge in [-0.25, -0.2) is 0 Å². The Bertz CT molecular complexity index is 311. The van der Waals surface area contributed by atoms with Crippen LogP contribution >= 0.6 is 39.7 Å². The summed E-state index contributed by atoms with van der Waals surface area (Å²) in [5, 5.41) is 5.60. The Morgan fingerprint density at radius 1 is 1.50 bits per heavy atom. The minimum Gasteiger partial charge on any atom is -0.317 e. The molecule has 92 valence electrons. The van der Waals surface area contributed by atoms with Gasteiger partial charge in [-0.2, -0.15) is 0 Å². The molecule has 0 aliphatic carbocycles.